The number of amides is 1. The fraction of sp³-hybridized carbons (Fsp3) is 0.467. The summed E-state index contributed by atoms with van der Waals surface area (Å²) >= 11 is 0. The topological polar surface area (TPSA) is 53.5 Å². The first-order valence-electron chi connectivity index (χ1n) is 6.99. The van der Waals surface area contributed by atoms with Crippen LogP contribution in [-0.4, -0.2) is 18.2 Å². The number of hydrogen-bond donors (Lipinski definition) is 2. The zero-order chi connectivity index (χ0) is 13.5. The van der Waals surface area contributed by atoms with E-state index in [1.54, 1.807) is 0 Å². The van der Waals surface area contributed by atoms with Gasteiger partial charge in [0, 0.05) is 25.1 Å². The first-order valence-corrected chi connectivity index (χ1v) is 6.99. The molecule has 4 nitrogen and oxygen atoms in total. The molecule has 2 N–H and O–H groups in total. The maximum atomic E-state index is 11.0. The van der Waals surface area contributed by atoms with E-state index in [4.69, 9.17) is 0 Å². The summed E-state index contributed by atoms with van der Waals surface area (Å²) in [7, 11) is 0. The lowest BCUT2D eigenvalue weighted by atomic mass is 10.0. The van der Waals surface area contributed by atoms with Crippen LogP contribution in [0.5, 0.6) is 0 Å². The van der Waals surface area contributed by atoms with E-state index < -0.39 is 0 Å². The summed E-state index contributed by atoms with van der Waals surface area (Å²) in [6, 6.07) is 8.25. The molecule has 0 aliphatic carbocycles. The van der Waals surface area contributed by atoms with Gasteiger partial charge in [-0.1, -0.05) is 31.9 Å². The van der Waals surface area contributed by atoms with Crippen molar-refractivity contribution in [2.75, 3.05) is 11.9 Å². The van der Waals surface area contributed by atoms with Crippen LogP contribution in [0.2, 0.25) is 0 Å². The van der Waals surface area contributed by atoms with E-state index in [0.717, 1.165) is 29.9 Å². The van der Waals surface area contributed by atoms with Crippen LogP contribution in [0, 0.1) is 0 Å². The van der Waals surface area contributed by atoms with Crippen molar-refractivity contribution in [3.63, 3.8) is 0 Å². The van der Waals surface area contributed by atoms with Crippen molar-refractivity contribution < 1.29 is 4.79 Å². The zero-order valence-corrected chi connectivity index (χ0v) is 11.4. The Morgan fingerprint density at radius 2 is 2.00 bits per heavy atom. The minimum Gasteiger partial charge on any atom is -0.385 e. The van der Waals surface area contributed by atoms with Crippen molar-refractivity contribution in [2.24, 2.45) is 5.10 Å². The average Bonchev–Trinajstić information content (AvgIpc) is 2.45. The second kappa shape index (κ2) is 6.92. The molecule has 4 heteroatoms. The van der Waals surface area contributed by atoms with Gasteiger partial charge in [0.05, 0.1) is 5.71 Å². The molecular formula is C15H21N3O. The van der Waals surface area contributed by atoms with Crippen LogP contribution < -0.4 is 10.7 Å². The van der Waals surface area contributed by atoms with Crippen molar-refractivity contribution in [1.29, 1.82) is 0 Å². The van der Waals surface area contributed by atoms with Crippen molar-refractivity contribution in [2.45, 2.75) is 39.0 Å². The van der Waals surface area contributed by atoms with Gasteiger partial charge in [0.1, 0.15) is 0 Å². The Kier molecular flexibility index (Phi) is 4.95. The standard InChI is InChI=1S/C15H21N3O/c1-2-3-4-11-16-13-7-5-12(6-8-13)14-9-10-15(19)18-17-14/h5-8,16H,2-4,9-11H2,1H3,(H,18,19). The molecule has 1 aliphatic rings. The van der Waals surface area contributed by atoms with Gasteiger partial charge in [-0.05, 0) is 24.1 Å². The Bertz CT molecular complexity index is 451. The number of benzene rings is 1. The van der Waals surface area contributed by atoms with Gasteiger partial charge in [0.2, 0.25) is 5.91 Å². The highest BCUT2D eigenvalue weighted by Crippen LogP contribution is 2.14. The van der Waals surface area contributed by atoms with Crippen LogP contribution in [-0.2, 0) is 4.79 Å². The molecular weight excluding hydrogens is 238 g/mol. The molecule has 0 unspecified atom stereocenters. The van der Waals surface area contributed by atoms with Crippen LogP contribution in [0.25, 0.3) is 0 Å². The first kappa shape index (κ1) is 13.6. The number of carbonyl (C=O) groups is 1. The van der Waals surface area contributed by atoms with Gasteiger partial charge in [-0.15, -0.1) is 0 Å². The molecule has 1 amide bonds. The number of unbranched alkanes of at least 4 members (excludes halogenated alkanes) is 2. The Morgan fingerprint density at radius 1 is 1.21 bits per heavy atom. The maximum absolute atomic E-state index is 11.0. The van der Waals surface area contributed by atoms with Gasteiger partial charge >= 0.3 is 0 Å². The number of hydrazone groups is 1. The summed E-state index contributed by atoms with van der Waals surface area (Å²) < 4.78 is 0. The largest absolute Gasteiger partial charge is 0.385 e. The summed E-state index contributed by atoms with van der Waals surface area (Å²) in [5, 5.41) is 7.50. The highest BCUT2D eigenvalue weighted by Gasteiger charge is 2.12. The SMILES string of the molecule is CCCCCNc1ccc(C2=NNC(=O)CC2)cc1. The highest BCUT2D eigenvalue weighted by atomic mass is 16.2. The number of nitrogens with zero attached hydrogens (tertiary/aromatic N) is 1. The molecule has 1 heterocycles. The van der Waals surface area contributed by atoms with Crippen LogP contribution in [0.15, 0.2) is 29.4 Å². The highest BCUT2D eigenvalue weighted by molar-refractivity contribution is 6.04. The van der Waals surface area contributed by atoms with Crippen molar-refractivity contribution in [3.8, 4) is 0 Å². The summed E-state index contributed by atoms with van der Waals surface area (Å²) in [5.41, 5.74) is 5.70. The van der Waals surface area contributed by atoms with Gasteiger partial charge < -0.3 is 5.32 Å². The van der Waals surface area contributed by atoms with E-state index in [0.29, 0.717) is 6.42 Å². The minimum absolute atomic E-state index is 0.00189. The van der Waals surface area contributed by atoms with Gasteiger partial charge in [-0.2, -0.15) is 5.10 Å². The van der Waals surface area contributed by atoms with Gasteiger partial charge in [-0.25, -0.2) is 5.43 Å². The number of hydrogen-bond acceptors (Lipinski definition) is 3. The van der Waals surface area contributed by atoms with Gasteiger partial charge in [-0.3, -0.25) is 4.79 Å². The van der Waals surface area contributed by atoms with E-state index in [1.165, 1.54) is 19.3 Å². The number of anilines is 1. The van der Waals surface area contributed by atoms with E-state index in [2.05, 4.69) is 47.0 Å². The molecule has 0 fully saturated rings. The lowest BCUT2D eigenvalue weighted by molar-refractivity contribution is -0.121. The molecule has 0 atom stereocenters. The summed E-state index contributed by atoms with van der Waals surface area (Å²) in [4.78, 5) is 11.0. The van der Waals surface area contributed by atoms with Crippen molar-refractivity contribution >= 4 is 17.3 Å². The predicted octanol–water partition coefficient (Wildman–Crippen LogP) is 2.90. The predicted molar refractivity (Wildman–Crippen MR) is 78.4 cm³/mol. The Labute approximate surface area is 114 Å². The Balaban J connectivity index is 1.89. The zero-order valence-electron chi connectivity index (χ0n) is 11.4. The third-order valence-corrected chi connectivity index (χ3v) is 3.23. The first-order chi connectivity index (χ1) is 9.29. The third kappa shape index (κ3) is 4.09. The third-order valence-electron chi connectivity index (χ3n) is 3.23. The maximum Gasteiger partial charge on any atom is 0.240 e. The molecule has 2 rings (SSSR count). The molecule has 0 saturated heterocycles. The second-order valence-electron chi connectivity index (χ2n) is 4.80. The minimum atomic E-state index is -0.00189. The lowest BCUT2D eigenvalue weighted by Crippen LogP contribution is -2.25. The molecule has 1 aliphatic heterocycles. The summed E-state index contributed by atoms with van der Waals surface area (Å²) in [6.07, 6.45) is 4.95. The van der Waals surface area contributed by atoms with Gasteiger partial charge in [0.15, 0.2) is 0 Å². The van der Waals surface area contributed by atoms with E-state index >= 15 is 0 Å². The van der Waals surface area contributed by atoms with Crippen LogP contribution in [0.3, 0.4) is 0 Å². The molecule has 0 saturated carbocycles. The fourth-order valence-corrected chi connectivity index (χ4v) is 2.07. The molecule has 0 aromatic heterocycles. The smallest absolute Gasteiger partial charge is 0.240 e. The second-order valence-corrected chi connectivity index (χ2v) is 4.80. The summed E-state index contributed by atoms with van der Waals surface area (Å²) in [5.74, 6) is -0.00189. The molecule has 0 bridgehead atoms. The van der Waals surface area contributed by atoms with E-state index in [-0.39, 0.29) is 5.91 Å². The van der Waals surface area contributed by atoms with Crippen LogP contribution in [0.1, 0.15) is 44.6 Å². The van der Waals surface area contributed by atoms with Gasteiger partial charge in [0.25, 0.3) is 0 Å². The molecule has 19 heavy (non-hydrogen) atoms. The monoisotopic (exact) mass is 259 g/mol. The van der Waals surface area contributed by atoms with Crippen molar-refractivity contribution in [3.05, 3.63) is 29.8 Å². The Morgan fingerprint density at radius 3 is 2.63 bits per heavy atom. The summed E-state index contributed by atoms with van der Waals surface area (Å²) in [6.45, 7) is 3.22. The van der Waals surface area contributed by atoms with Crippen molar-refractivity contribution in [1.82, 2.24) is 5.43 Å². The molecule has 102 valence electrons. The quantitative estimate of drug-likeness (QED) is 0.772. The molecule has 1 aromatic rings. The average molecular weight is 259 g/mol. The Hall–Kier alpha value is -1.84. The lowest BCUT2D eigenvalue weighted by Gasteiger charge is -2.12. The fourth-order valence-electron chi connectivity index (χ4n) is 2.07. The molecule has 1 aromatic carbocycles. The number of rotatable bonds is 6. The number of nitrogens with one attached hydrogen (secondary N) is 2. The molecule has 0 radical (unpaired) electrons. The van der Waals surface area contributed by atoms with E-state index in [9.17, 15) is 4.79 Å². The molecule has 0 spiro atoms. The van der Waals surface area contributed by atoms with Crippen LogP contribution >= 0.6 is 0 Å². The normalized spacial score (nSPS) is 14.8. The van der Waals surface area contributed by atoms with E-state index in [1.807, 2.05) is 0 Å². The number of carbonyl (C=O) groups excluding carboxylic acids is 1. The van der Waals surface area contributed by atoms with Crippen LogP contribution in [0.4, 0.5) is 5.69 Å².